The average Bonchev–Trinajstić information content (AvgIpc) is 2.74. The largest absolute Gasteiger partial charge is 0.351 e. The lowest BCUT2D eigenvalue weighted by Gasteiger charge is -2.17. The standard InChI is InChI=1S/C21H22N6O/c1-14-17-4-2-3-5-18(17)27-19(26-14)8-11-23-21(28)16-12-24-20(25-13-16)15-6-9-22-10-7-15/h6-7,9-10,12-13H,2-5,8,11H2,1H3,(H,23,28). The molecule has 0 unspecified atom stereocenters. The van der Waals surface area contributed by atoms with Gasteiger partial charge in [-0.2, -0.15) is 0 Å². The van der Waals surface area contributed by atoms with Crippen molar-refractivity contribution in [3.05, 3.63) is 65.3 Å². The van der Waals surface area contributed by atoms with Crippen molar-refractivity contribution in [1.82, 2.24) is 30.2 Å². The molecule has 0 atom stereocenters. The first-order valence-electron chi connectivity index (χ1n) is 9.56. The van der Waals surface area contributed by atoms with Gasteiger partial charge in [0, 0.05) is 54.7 Å². The maximum atomic E-state index is 12.3. The van der Waals surface area contributed by atoms with Crippen LogP contribution in [0.25, 0.3) is 11.4 Å². The molecule has 28 heavy (non-hydrogen) atoms. The molecule has 0 aromatic carbocycles. The van der Waals surface area contributed by atoms with Crippen molar-refractivity contribution in [3.63, 3.8) is 0 Å². The number of carbonyl (C=O) groups is 1. The van der Waals surface area contributed by atoms with E-state index in [4.69, 9.17) is 4.98 Å². The highest BCUT2D eigenvalue weighted by Gasteiger charge is 2.15. The van der Waals surface area contributed by atoms with E-state index in [1.807, 2.05) is 12.1 Å². The first kappa shape index (κ1) is 18.2. The third kappa shape index (κ3) is 4.03. The van der Waals surface area contributed by atoms with Crippen LogP contribution in [0.4, 0.5) is 0 Å². The van der Waals surface area contributed by atoms with Crippen LogP contribution in [0.5, 0.6) is 0 Å². The summed E-state index contributed by atoms with van der Waals surface area (Å²) in [6, 6.07) is 3.66. The Morgan fingerprint density at radius 1 is 1.07 bits per heavy atom. The molecule has 0 aliphatic heterocycles. The highest BCUT2D eigenvalue weighted by molar-refractivity contribution is 5.93. The van der Waals surface area contributed by atoms with E-state index in [9.17, 15) is 4.79 Å². The molecule has 1 aliphatic rings. The molecule has 0 saturated carbocycles. The van der Waals surface area contributed by atoms with E-state index in [-0.39, 0.29) is 5.91 Å². The third-order valence-electron chi connectivity index (χ3n) is 4.92. The van der Waals surface area contributed by atoms with Gasteiger partial charge in [-0.05, 0) is 50.3 Å². The molecule has 142 valence electrons. The fourth-order valence-electron chi connectivity index (χ4n) is 3.44. The first-order chi connectivity index (χ1) is 13.7. The molecule has 4 rings (SSSR count). The highest BCUT2D eigenvalue weighted by atomic mass is 16.1. The van der Waals surface area contributed by atoms with Crippen molar-refractivity contribution < 1.29 is 4.79 Å². The van der Waals surface area contributed by atoms with E-state index in [1.54, 1.807) is 12.4 Å². The monoisotopic (exact) mass is 374 g/mol. The predicted octanol–water partition coefficient (Wildman–Crippen LogP) is 2.49. The maximum absolute atomic E-state index is 12.3. The van der Waals surface area contributed by atoms with E-state index in [0.29, 0.717) is 24.4 Å². The number of pyridine rings is 1. The summed E-state index contributed by atoms with van der Waals surface area (Å²) in [4.78, 5) is 34.2. The predicted molar refractivity (Wildman–Crippen MR) is 105 cm³/mol. The number of fused-ring (bicyclic) bond motifs is 1. The SMILES string of the molecule is Cc1nc(CCNC(=O)c2cnc(-c3ccncc3)nc2)nc2c1CCCC2. The lowest BCUT2D eigenvalue weighted by atomic mass is 9.95. The van der Waals surface area contributed by atoms with Crippen molar-refractivity contribution in [2.75, 3.05) is 6.54 Å². The second-order valence-corrected chi connectivity index (χ2v) is 6.89. The second-order valence-electron chi connectivity index (χ2n) is 6.89. The minimum atomic E-state index is -0.198. The van der Waals surface area contributed by atoms with Crippen LogP contribution in [0, 0.1) is 6.92 Å². The molecular formula is C21H22N6O. The van der Waals surface area contributed by atoms with Crippen LogP contribution < -0.4 is 5.32 Å². The third-order valence-corrected chi connectivity index (χ3v) is 4.92. The Labute approximate surface area is 163 Å². The van der Waals surface area contributed by atoms with Gasteiger partial charge >= 0.3 is 0 Å². The Morgan fingerprint density at radius 2 is 1.82 bits per heavy atom. The zero-order valence-electron chi connectivity index (χ0n) is 15.9. The summed E-state index contributed by atoms with van der Waals surface area (Å²) in [6.45, 7) is 2.53. The summed E-state index contributed by atoms with van der Waals surface area (Å²) < 4.78 is 0. The fourth-order valence-corrected chi connectivity index (χ4v) is 3.44. The molecule has 3 heterocycles. The van der Waals surface area contributed by atoms with Gasteiger partial charge in [-0.15, -0.1) is 0 Å². The van der Waals surface area contributed by atoms with E-state index < -0.39 is 0 Å². The van der Waals surface area contributed by atoms with Crippen molar-refractivity contribution in [1.29, 1.82) is 0 Å². The molecule has 1 aliphatic carbocycles. The summed E-state index contributed by atoms with van der Waals surface area (Å²) >= 11 is 0. The molecule has 3 aromatic rings. The maximum Gasteiger partial charge on any atom is 0.254 e. The van der Waals surface area contributed by atoms with E-state index in [0.717, 1.165) is 29.9 Å². The summed E-state index contributed by atoms with van der Waals surface area (Å²) in [5.74, 6) is 1.16. The smallest absolute Gasteiger partial charge is 0.254 e. The number of rotatable bonds is 5. The lowest BCUT2D eigenvalue weighted by Crippen LogP contribution is -2.27. The van der Waals surface area contributed by atoms with E-state index in [1.165, 1.54) is 36.5 Å². The summed E-state index contributed by atoms with van der Waals surface area (Å²) in [7, 11) is 0. The molecule has 0 bridgehead atoms. The normalized spacial score (nSPS) is 13.0. The Morgan fingerprint density at radius 3 is 2.61 bits per heavy atom. The molecule has 0 saturated heterocycles. The fraction of sp³-hybridized carbons (Fsp3) is 0.333. The van der Waals surface area contributed by atoms with Crippen LogP contribution in [0.1, 0.15) is 46.0 Å². The molecule has 1 N–H and O–H groups in total. The number of nitrogens with one attached hydrogen (secondary N) is 1. The zero-order chi connectivity index (χ0) is 19.3. The quantitative estimate of drug-likeness (QED) is 0.737. The Bertz CT molecular complexity index is 972. The number of nitrogens with zero attached hydrogens (tertiary/aromatic N) is 5. The molecule has 0 spiro atoms. The van der Waals surface area contributed by atoms with Gasteiger partial charge in [0.05, 0.1) is 5.56 Å². The molecule has 1 amide bonds. The van der Waals surface area contributed by atoms with Crippen molar-refractivity contribution in [2.24, 2.45) is 0 Å². The average molecular weight is 374 g/mol. The zero-order valence-corrected chi connectivity index (χ0v) is 15.9. The van der Waals surface area contributed by atoms with E-state index in [2.05, 4.69) is 32.2 Å². The number of aromatic nitrogens is 5. The highest BCUT2D eigenvalue weighted by Crippen LogP contribution is 2.21. The Kier molecular flexibility index (Phi) is 5.32. The van der Waals surface area contributed by atoms with Gasteiger partial charge in [0.15, 0.2) is 5.82 Å². The minimum absolute atomic E-state index is 0.198. The van der Waals surface area contributed by atoms with Crippen molar-refractivity contribution in [3.8, 4) is 11.4 Å². The Hall–Kier alpha value is -3.22. The van der Waals surface area contributed by atoms with Crippen molar-refractivity contribution >= 4 is 5.91 Å². The first-order valence-corrected chi connectivity index (χ1v) is 9.56. The van der Waals surface area contributed by atoms with Gasteiger partial charge in [-0.25, -0.2) is 19.9 Å². The lowest BCUT2D eigenvalue weighted by molar-refractivity contribution is 0.0953. The van der Waals surface area contributed by atoms with Crippen LogP contribution in [-0.4, -0.2) is 37.4 Å². The molecule has 7 nitrogen and oxygen atoms in total. The molecule has 0 fully saturated rings. The van der Waals surface area contributed by atoms with Gasteiger partial charge in [0.2, 0.25) is 0 Å². The van der Waals surface area contributed by atoms with Crippen LogP contribution >= 0.6 is 0 Å². The van der Waals surface area contributed by atoms with Gasteiger partial charge in [-0.1, -0.05) is 0 Å². The number of aryl methyl sites for hydroxylation is 2. The molecule has 7 heteroatoms. The summed E-state index contributed by atoms with van der Waals surface area (Å²) in [5, 5.41) is 2.90. The van der Waals surface area contributed by atoms with Crippen LogP contribution in [0.3, 0.4) is 0 Å². The van der Waals surface area contributed by atoms with Gasteiger partial charge < -0.3 is 5.32 Å². The summed E-state index contributed by atoms with van der Waals surface area (Å²) in [5.41, 5.74) is 4.86. The van der Waals surface area contributed by atoms with Crippen LogP contribution in [0.15, 0.2) is 36.9 Å². The second kappa shape index (κ2) is 8.21. The van der Waals surface area contributed by atoms with Gasteiger partial charge in [-0.3, -0.25) is 9.78 Å². The minimum Gasteiger partial charge on any atom is -0.351 e. The number of amides is 1. The van der Waals surface area contributed by atoms with Crippen LogP contribution in [-0.2, 0) is 19.3 Å². The van der Waals surface area contributed by atoms with E-state index >= 15 is 0 Å². The number of hydrogen-bond donors (Lipinski definition) is 1. The van der Waals surface area contributed by atoms with Gasteiger partial charge in [0.25, 0.3) is 5.91 Å². The number of carbonyl (C=O) groups excluding carboxylic acids is 1. The summed E-state index contributed by atoms with van der Waals surface area (Å²) in [6.07, 6.45) is 11.6. The Balaban J connectivity index is 1.35. The van der Waals surface area contributed by atoms with Gasteiger partial charge in [0.1, 0.15) is 5.82 Å². The molecule has 3 aromatic heterocycles. The topological polar surface area (TPSA) is 93.6 Å². The van der Waals surface area contributed by atoms with Crippen LogP contribution in [0.2, 0.25) is 0 Å². The number of hydrogen-bond acceptors (Lipinski definition) is 6. The molecular weight excluding hydrogens is 352 g/mol. The molecule has 0 radical (unpaired) electrons. The van der Waals surface area contributed by atoms with Crippen molar-refractivity contribution in [2.45, 2.75) is 39.0 Å².